The molecule has 0 radical (unpaired) electrons. The lowest BCUT2D eigenvalue weighted by Gasteiger charge is -2.34. The standard InChI is InChI=1S/C25H25F3N2O4/c26-25(27,28)18-10-6-9-17(13-18)24(11-4-5-12-24)14-19-29-20(23(32)33)21(22(31)30-19)34-15-16-7-2-1-3-8-16/h1-3,7-8,10,13H,4-6,9,11-12,14-15H2,(H,32,33)(H,29,30,31). The second-order valence-corrected chi connectivity index (χ2v) is 8.80. The lowest BCUT2D eigenvalue weighted by molar-refractivity contribution is -0.0888. The molecule has 4 rings (SSSR count). The van der Waals surface area contributed by atoms with E-state index in [2.05, 4.69) is 9.97 Å². The molecule has 0 bridgehead atoms. The lowest BCUT2D eigenvalue weighted by Crippen LogP contribution is -2.29. The minimum atomic E-state index is -4.42. The Morgan fingerprint density at radius 3 is 2.53 bits per heavy atom. The monoisotopic (exact) mass is 474 g/mol. The van der Waals surface area contributed by atoms with Crippen LogP contribution in [0.4, 0.5) is 13.2 Å². The Labute approximate surface area is 194 Å². The van der Waals surface area contributed by atoms with Crippen LogP contribution in [0.3, 0.4) is 0 Å². The molecule has 180 valence electrons. The zero-order valence-corrected chi connectivity index (χ0v) is 18.5. The summed E-state index contributed by atoms with van der Waals surface area (Å²) in [5.74, 6) is -1.66. The number of rotatable bonds is 7. The van der Waals surface area contributed by atoms with E-state index in [4.69, 9.17) is 4.74 Å². The number of halogens is 3. The summed E-state index contributed by atoms with van der Waals surface area (Å²) >= 11 is 0. The molecule has 1 heterocycles. The quantitative estimate of drug-likeness (QED) is 0.564. The number of carboxylic acids is 1. The summed E-state index contributed by atoms with van der Waals surface area (Å²) in [4.78, 5) is 31.4. The van der Waals surface area contributed by atoms with Crippen molar-refractivity contribution in [3.8, 4) is 5.75 Å². The molecule has 1 aromatic heterocycles. The van der Waals surface area contributed by atoms with Crippen LogP contribution >= 0.6 is 0 Å². The molecule has 2 aliphatic rings. The predicted molar refractivity (Wildman–Crippen MR) is 119 cm³/mol. The number of alkyl halides is 3. The highest BCUT2D eigenvalue weighted by molar-refractivity contribution is 5.88. The fourth-order valence-electron chi connectivity index (χ4n) is 4.90. The Hall–Kier alpha value is -3.36. The largest absolute Gasteiger partial charge is 0.481 e. The second-order valence-electron chi connectivity index (χ2n) is 8.80. The second kappa shape index (κ2) is 9.48. The Bertz CT molecular complexity index is 1180. The van der Waals surface area contributed by atoms with Gasteiger partial charge in [-0.25, -0.2) is 9.78 Å². The molecule has 0 aliphatic heterocycles. The zero-order valence-electron chi connectivity index (χ0n) is 18.5. The number of H-pyrrole nitrogens is 1. The van der Waals surface area contributed by atoms with E-state index in [1.165, 1.54) is 12.2 Å². The number of allylic oxidation sites excluding steroid dienone is 4. The maximum atomic E-state index is 13.3. The third kappa shape index (κ3) is 5.08. The van der Waals surface area contributed by atoms with Crippen LogP contribution in [0.5, 0.6) is 5.75 Å². The number of nitrogens with zero attached hydrogens (tertiary/aromatic N) is 1. The molecule has 2 aliphatic carbocycles. The Morgan fingerprint density at radius 1 is 1.18 bits per heavy atom. The van der Waals surface area contributed by atoms with Gasteiger partial charge in [0.2, 0.25) is 5.75 Å². The van der Waals surface area contributed by atoms with Gasteiger partial charge in [-0.05, 0) is 36.7 Å². The van der Waals surface area contributed by atoms with E-state index in [9.17, 15) is 27.9 Å². The number of ether oxygens (including phenoxy) is 1. The van der Waals surface area contributed by atoms with Crippen LogP contribution in [0.2, 0.25) is 0 Å². The third-order valence-corrected chi connectivity index (χ3v) is 6.54. The smallest absolute Gasteiger partial charge is 0.416 e. The highest BCUT2D eigenvalue weighted by Gasteiger charge is 2.41. The van der Waals surface area contributed by atoms with Crippen molar-refractivity contribution in [1.29, 1.82) is 0 Å². The van der Waals surface area contributed by atoms with Gasteiger partial charge >= 0.3 is 12.1 Å². The van der Waals surface area contributed by atoms with Crippen molar-refractivity contribution < 1.29 is 27.8 Å². The van der Waals surface area contributed by atoms with Crippen molar-refractivity contribution in [3.05, 3.63) is 81.1 Å². The van der Waals surface area contributed by atoms with Crippen molar-refractivity contribution in [2.24, 2.45) is 5.41 Å². The molecule has 2 N–H and O–H groups in total. The maximum Gasteiger partial charge on any atom is 0.416 e. The summed E-state index contributed by atoms with van der Waals surface area (Å²) < 4.78 is 45.5. The number of benzene rings is 1. The van der Waals surface area contributed by atoms with Crippen LogP contribution in [0.25, 0.3) is 0 Å². The number of carboxylic acid groups (broad SMARTS) is 1. The van der Waals surface area contributed by atoms with E-state index >= 15 is 0 Å². The lowest BCUT2D eigenvalue weighted by atomic mass is 9.71. The molecule has 0 amide bonds. The summed E-state index contributed by atoms with van der Waals surface area (Å²) in [5.41, 5.74) is -1.04. The first kappa shape index (κ1) is 23.8. The van der Waals surface area contributed by atoms with Gasteiger partial charge in [-0.1, -0.05) is 60.9 Å². The minimum Gasteiger partial charge on any atom is -0.481 e. The molecule has 9 heteroatoms. The summed E-state index contributed by atoms with van der Waals surface area (Å²) in [5, 5.41) is 9.67. The third-order valence-electron chi connectivity index (χ3n) is 6.54. The number of carbonyl (C=O) groups is 1. The van der Waals surface area contributed by atoms with E-state index < -0.39 is 34.4 Å². The van der Waals surface area contributed by atoms with Crippen molar-refractivity contribution in [2.45, 2.75) is 57.7 Å². The summed E-state index contributed by atoms with van der Waals surface area (Å²) in [6.45, 7) is -0.00535. The Kier molecular flexibility index (Phi) is 6.63. The van der Waals surface area contributed by atoms with E-state index in [-0.39, 0.29) is 24.6 Å². The van der Waals surface area contributed by atoms with Crippen LogP contribution in [-0.4, -0.2) is 27.2 Å². The van der Waals surface area contributed by atoms with E-state index in [1.54, 1.807) is 24.3 Å². The maximum absolute atomic E-state index is 13.3. The van der Waals surface area contributed by atoms with Crippen molar-refractivity contribution in [2.75, 3.05) is 0 Å². The number of hydrogen-bond donors (Lipinski definition) is 2. The molecule has 2 aromatic rings. The molecular formula is C25H25F3N2O4. The van der Waals surface area contributed by atoms with Crippen molar-refractivity contribution in [1.82, 2.24) is 9.97 Å². The first-order valence-corrected chi connectivity index (χ1v) is 11.2. The highest BCUT2D eigenvalue weighted by Crippen LogP contribution is 2.50. The number of hydrogen-bond acceptors (Lipinski definition) is 4. The van der Waals surface area contributed by atoms with Gasteiger partial charge in [-0.2, -0.15) is 13.2 Å². The van der Waals surface area contributed by atoms with Gasteiger partial charge in [0.1, 0.15) is 12.4 Å². The molecule has 1 fully saturated rings. The van der Waals surface area contributed by atoms with Gasteiger partial charge < -0.3 is 14.8 Å². The van der Waals surface area contributed by atoms with Crippen LogP contribution in [-0.2, 0) is 13.0 Å². The molecule has 0 unspecified atom stereocenters. The van der Waals surface area contributed by atoms with Crippen LogP contribution in [0.15, 0.2) is 58.4 Å². The first-order chi connectivity index (χ1) is 16.2. The van der Waals surface area contributed by atoms with Crippen LogP contribution in [0.1, 0.15) is 60.4 Å². The molecule has 0 saturated heterocycles. The van der Waals surface area contributed by atoms with Gasteiger partial charge in [0, 0.05) is 6.42 Å². The van der Waals surface area contributed by atoms with Gasteiger partial charge in [0.25, 0.3) is 5.56 Å². The Balaban J connectivity index is 1.64. The molecular weight excluding hydrogens is 449 g/mol. The molecule has 1 saturated carbocycles. The van der Waals surface area contributed by atoms with Gasteiger partial charge in [-0.15, -0.1) is 0 Å². The van der Waals surface area contributed by atoms with Gasteiger partial charge in [0.15, 0.2) is 5.69 Å². The zero-order chi connectivity index (χ0) is 24.3. The van der Waals surface area contributed by atoms with Crippen molar-refractivity contribution >= 4 is 5.97 Å². The molecule has 0 spiro atoms. The van der Waals surface area contributed by atoms with Gasteiger partial charge in [-0.3, -0.25) is 4.79 Å². The Morgan fingerprint density at radius 2 is 1.88 bits per heavy atom. The molecule has 0 atom stereocenters. The summed E-state index contributed by atoms with van der Waals surface area (Å²) in [7, 11) is 0. The van der Waals surface area contributed by atoms with Gasteiger partial charge in [0.05, 0.1) is 5.57 Å². The fraction of sp³-hybridized carbons (Fsp3) is 0.400. The highest BCUT2D eigenvalue weighted by atomic mass is 19.4. The SMILES string of the molecule is O=C(O)c1nc(CC2(C3=CC(C(F)(F)F)=CCC3)CCCC2)[nH]c(=O)c1OCc1ccccc1. The average Bonchev–Trinajstić information content (AvgIpc) is 3.28. The predicted octanol–water partition coefficient (Wildman–Crippen LogP) is 5.36. The van der Waals surface area contributed by atoms with Crippen LogP contribution < -0.4 is 10.3 Å². The number of aromatic nitrogens is 2. The average molecular weight is 474 g/mol. The molecule has 1 aromatic carbocycles. The minimum absolute atomic E-state index is 0.00535. The number of aromatic amines is 1. The molecule has 6 nitrogen and oxygen atoms in total. The van der Waals surface area contributed by atoms with Crippen molar-refractivity contribution in [3.63, 3.8) is 0 Å². The first-order valence-electron chi connectivity index (χ1n) is 11.2. The molecule has 34 heavy (non-hydrogen) atoms. The summed E-state index contributed by atoms with van der Waals surface area (Å²) in [6, 6.07) is 8.97. The van der Waals surface area contributed by atoms with E-state index in [0.717, 1.165) is 18.4 Å². The summed E-state index contributed by atoms with van der Waals surface area (Å²) in [6.07, 6.45) is 1.95. The topological polar surface area (TPSA) is 92.3 Å². The van der Waals surface area contributed by atoms with E-state index in [0.29, 0.717) is 31.3 Å². The van der Waals surface area contributed by atoms with E-state index in [1.807, 2.05) is 6.07 Å². The normalized spacial score (nSPS) is 17.7. The fourth-order valence-corrected chi connectivity index (χ4v) is 4.90. The van der Waals surface area contributed by atoms with Crippen LogP contribution in [0, 0.1) is 5.41 Å². The number of nitrogens with one attached hydrogen (secondary N) is 1. The number of aromatic carboxylic acids is 1.